The number of anilines is 1. The minimum Gasteiger partial charge on any atom is -0.445 e. The Labute approximate surface area is 583 Å². The molecular weight excluding hydrogens is 1270 g/mol. The van der Waals surface area contributed by atoms with Crippen molar-refractivity contribution in [2.24, 2.45) is 47.2 Å². The van der Waals surface area contributed by atoms with Gasteiger partial charge in [0.25, 0.3) is 11.8 Å². The van der Waals surface area contributed by atoms with Crippen LogP contribution in [0.2, 0.25) is 0 Å². The number of aromatic nitrogens is 1. The van der Waals surface area contributed by atoms with Crippen molar-refractivity contribution in [2.45, 2.75) is 201 Å². The number of nitrogens with zero attached hydrogens (tertiary/aromatic N) is 5. The number of thiazole rings is 1. The number of likely N-dealkylation sites (N-methyl/N-ethyl adjacent to an activating group) is 2. The van der Waals surface area contributed by atoms with Crippen LogP contribution in [0.3, 0.4) is 0 Å². The lowest BCUT2D eigenvalue weighted by Crippen LogP contribution is -2.54. The highest BCUT2D eigenvalue weighted by atomic mass is 32.1. The van der Waals surface area contributed by atoms with Crippen LogP contribution in [-0.4, -0.2) is 173 Å². The lowest BCUT2D eigenvalue weighted by atomic mass is 9.83. The zero-order valence-corrected chi connectivity index (χ0v) is 60.9. The summed E-state index contributed by atoms with van der Waals surface area (Å²) in [5.74, 6) is -5.28. The van der Waals surface area contributed by atoms with Crippen molar-refractivity contribution >= 4 is 93.2 Å². The number of urea groups is 1. The van der Waals surface area contributed by atoms with E-state index in [2.05, 4.69) is 40.0 Å². The third-order valence-corrected chi connectivity index (χ3v) is 20.6. The number of hydrogen-bond acceptors (Lipinski definition) is 16. The molecule has 2 aromatic carbocycles. The summed E-state index contributed by atoms with van der Waals surface area (Å²) in [6.07, 6.45) is 8.03. The normalized spacial score (nSPS) is 17.0. The number of nitrogens with one attached hydrogen (secondary N) is 3. The first kappa shape index (κ1) is 80.4. The van der Waals surface area contributed by atoms with E-state index in [-0.39, 0.29) is 141 Å². The maximum atomic E-state index is 15.0. The van der Waals surface area contributed by atoms with Gasteiger partial charge in [0.2, 0.25) is 23.6 Å². The summed E-state index contributed by atoms with van der Waals surface area (Å²) < 4.78 is 18.2. The minimum atomic E-state index is -0.949. The minimum absolute atomic E-state index is 0.0147. The van der Waals surface area contributed by atoms with Crippen LogP contribution in [0, 0.1) is 41.4 Å². The van der Waals surface area contributed by atoms with E-state index < -0.39 is 54.1 Å². The van der Waals surface area contributed by atoms with Gasteiger partial charge in [-0.25, -0.2) is 14.6 Å². The van der Waals surface area contributed by atoms with Gasteiger partial charge in [0.15, 0.2) is 11.6 Å². The van der Waals surface area contributed by atoms with Crippen molar-refractivity contribution in [2.75, 3.05) is 53.3 Å². The first-order chi connectivity index (χ1) is 46.1. The van der Waals surface area contributed by atoms with E-state index in [1.165, 1.54) is 29.7 Å². The van der Waals surface area contributed by atoms with Gasteiger partial charge in [-0.1, -0.05) is 130 Å². The number of benzene rings is 2. The predicted molar refractivity (Wildman–Crippen MR) is 379 cm³/mol. The average molecular weight is 1380 g/mol. The van der Waals surface area contributed by atoms with Crippen LogP contribution in [0.15, 0.2) is 78.3 Å². The monoisotopic (exact) mass is 1380 g/mol. The SMILES string of the molecule is CC[C@H](C)[C@@H]([C@@H](CC(=O)N1CCC[C@H]1[C@H](OC)[C@@H](C)C(=S)C[C@@H](Cc1ccccc1)c1nccs1)OC)N(C)C(=O)[C@@H](CC(=O)[C@H](C(C)C)N(C)C(=O)OCc1ccc(NC(=O)[C@H](CCCNC(N)=O)CC(=O)[C@@H](NC(=O)CCCCCN2C(=O)C=CC2=O)C(C)C)cc1)C(C)C. The molecule has 0 saturated carbocycles. The summed E-state index contributed by atoms with van der Waals surface area (Å²) in [6, 6.07) is 13.6. The summed E-state index contributed by atoms with van der Waals surface area (Å²) in [7, 11) is 6.47. The average Bonchev–Trinajstić information content (AvgIpc) is 1.80. The molecule has 11 atom stereocenters. The Morgan fingerprint density at radius 3 is 2.05 bits per heavy atom. The number of ketones is 2. The molecular formula is C73H107N9O13S2. The number of carbonyl (C=O) groups excluding carboxylic acids is 10. The summed E-state index contributed by atoms with van der Waals surface area (Å²) >= 11 is 7.84. The molecule has 0 radical (unpaired) electrons. The predicted octanol–water partition coefficient (Wildman–Crippen LogP) is 10.3. The van der Waals surface area contributed by atoms with Crippen molar-refractivity contribution < 1.29 is 62.2 Å². The fourth-order valence-corrected chi connectivity index (χ4v) is 14.5. The Morgan fingerprint density at radius 2 is 1.46 bits per heavy atom. The summed E-state index contributed by atoms with van der Waals surface area (Å²) in [4.78, 5) is 146. The van der Waals surface area contributed by atoms with Gasteiger partial charge in [-0.05, 0) is 103 Å². The molecule has 0 aliphatic carbocycles. The number of Topliss-reactive ketones (excluding diaryl/α,β-unsaturated/α-hetero) is 2. The second-order valence-electron chi connectivity index (χ2n) is 27.1. The number of unbranched alkanes of at least 4 members (excludes halogenated alkanes) is 2. The smallest absolute Gasteiger partial charge is 0.410 e. The van der Waals surface area contributed by atoms with Crippen molar-refractivity contribution in [3.63, 3.8) is 0 Å². The molecule has 0 unspecified atom stereocenters. The van der Waals surface area contributed by atoms with Crippen LogP contribution in [0.25, 0.3) is 0 Å². The van der Waals surface area contributed by atoms with Gasteiger partial charge in [-0.15, -0.1) is 11.3 Å². The number of primary amides is 1. The molecule has 3 aromatic rings. The van der Waals surface area contributed by atoms with E-state index in [1.807, 2.05) is 76.2 Å². The molecule has 1 aromatic heterocycles. The number of methoxy groups -OCH3 is 2. The van der Waals surface area contributed by atoms with Crippen molar-refractivity contribution in [3.8, 4) is 0 Å². The second kappa shape index (κ2) is 40.0. The lowest BCUT2D eigenvalue weighted by Gasteiger charge is -2.41. The maximum absolute atomic E-state index is 15.0. The Kier molecular flexibility index (Phi) is 33.1. The highest BCUT2D eigenvalue weighted by Gasteiger charge is 2.44. The Morgan fingerprint density at radius 1 is 0.784 bits per heavy atom. The number of rotatable bonds is 42. The summed E-state index contributed by atoms with van der Waals surface area (Å²) in [5.41, 5.74) is 7.45. The fourth-order valence-electron chi connectivity index (χ4n) is 13.4. The second-order valence-corrected chi connectivity index (χ2v) is 28.6. The standard InChI is InChI=1S/C73H107N9O13S2/c1-14-48(8)67(59(93-12)43-64(88)81-37-22-26-56(81)68(94-13)49(9)60(96)41-53(70-75-35-38-97-70)39-50-23-17-15-18-24-50)79(10)71(90)55(45(2)3)42-58(84)66(47(6)7)80(11)73(92)95-44-51-28-30-54(31-29-51)77-69(89)52(25-21-34-76-72(74)91)40-57(83)65(46(4)5)78-61(85)27-19-16-20-36-82-62(86)32-33-63(82)87/h15,17-18,23-24,28-33,35,38,45-49,52-53,55-56,59,65-68H,14,16,19-22,25-27,34,36-37,39-44H2,1-13H3,(H,77,89)(H,78,85)(H3,74,76,91)/t48-,49-,52+,53+,55-,56-,59+,65-,66-,67-,68+/m0/s1. The van der Waals surface area contributed by atoms with Crippen LogP contribution in [0.5, 0.6) is 0 Å². The zero-order chi connectivity index (χ0) is 71.6. The largest absolute Gasteiger partial charge is 0.445 e. The van der Waals surface area contributed by atoms with Crippen LogP contribution in [0.4, 0.5) is 15.3 Å². The van der Waals surface area contributed by atoms with E-state index in [4.69, 9.17) is 32.2 Å². The molecule has 5 N–H and O–H groups in total. The van der Waals surface area contributed by atoms with Gasteiger partial charge >= 0.3 is 12.1 Å². The van der Waals surface area contributed by atoms with E-state index >= 15 is 0 Å². The van der Waals surface area contributed by atoms with Crippen molar-refractivity contribution in [1.82, 2.24) is 35.2 Å². The number of thiocarbonyl (C=S) groups is 1. The molecule has 97 heavy (non-hydrogen) atoms. The van der Waals surface area contributed by atoms with Crippen molar-refractivity contribution in [1.29, 1.82) is 0 Å². The number of nitrogens with two attached hydrogens (primary N) is 1. The zero-order valence-electron chi connectivity index (χ0n) is 59.3. The number of ether oxygens (including phenoxy) is 3. The van der Waals surface area contributed by atoms with Crippen LogP contribution >= 0.6 is 23.6 Å². The van der Waals surface area contributed by atoms with Gasteiger partial charge < -0.3 is 50.6 Å². The number of amides is 9. The maximum Gasteiger partial charge on any atom is 0.410 e. The van der Waals surface area contributed by atoms with Crippen LogP contribution < -0.4 is 21.7 Å². The van der Waals surface area contributed by atoms with E-state index in [0.717, 1.165) is 34.0 Å². The number of imide groups is 1. The van der Waals surface area contributed by atoms with Gasteiger partial charge in [0, 0.05) is 120 Å². The first-order valence-electron chi connectivity index (χ1n) is 34.4. The lowest BCUT2D eigenvalue weighted by molar-refractivity contribution is -0.148. The van der Waals surface area contributed by atoms with Crippen LogP contribution in [-0.2, 0) is 65.6 Å². The fraction of sp³-hybridized carbons (Fsp3) is 0.616. The molecule has 2 aliphatic rings. The van der Waals surface area contributed by atoms with E-state index in [0.29, 0.717) is 56.3 Å². The van der Waals surface area contributed by atoms with Gasteiger partial charge in [-0.3, -0.25) is 43.3 Å². The highest BCUT2D eigenvalue weighted by Crippen LogP contribution is 2.35. The Hall–Kier alpha value is -7.28. The molecule has 534 valence electrons. The van der Waals surface area contributed by atoms with Crippen LogP contribution in [0.1, 0.15) is 168 Å². The molecule has 0 spiro atoms. The number of carbonyl (C=O) groups is 10. The molecule has 2 aliphatic heterocycles. The summed E-state index contributed by atoms with van der Waals surface area (Å²) in [5, 5.41) is 11.2. The summed E-state index contributed by atoms with van der Waals surface area (Å²) in [6.45, 7) is 18.0. The van der Waals surface area contributed by atoms with Gasteiger partial charge in [0.05, 0.1) is 47.8 Å². The molecule has 22 nitrogen and oxygen atoms in total. The molecule has 3 heterocycles. The first-order valence-corrected chi connectivity index (χ1v) is 35.7. The van der Waals surface area contributed by atoms with Crippen molar-refractivity contribution in [3.05, 3.63) is 94.5 Å². The topological polar surface area (TPSA) is 286 Å². The highest BCUT2D eigenvalue weighted by molar-refractivity contribution is 7.80. The molecule has 1 fully saturated rings. The van der Waals surface area contributed by atoms with Gasteiger partial charge in [-0.2, -0.15) is 0 Å². The molecule has 24 heteroatoms. The number of likely N-dealkylation sites (tertiary alicyclic amines) is 1. The third-order valence-electron chi connectivity index (χ3n) is 19.1. The van der Waals surface area contributed by atoms with E-state index in [9.17, 15) is 47.9 Å². The Bertz CT molecular complexity index is 3110. The molecule has 1 saturated heterocycles. The Balaban J connectivity index is 1.18. The van der Waals surface area contributed by atoms with Gasteiger partial charge in [0.1, 0.15) is 6.61 Å². The molecule has 9 amide bonds. The molecule has 5 rings (SSSR count). The third kappa shape index (κ3) is 24.0. The van der Waals surface area contributed by atoms with E-state index in [1.54, 1.807) is 75.6 Å². The number of hydrogen-bond donors (Lipinski definition) is 4. The quantitative estimate of drug-likeness (QED) is 0.0233. The molecule has 0 bridgehead atoms.